The van der Waals surface area contributed by atoms with Gasteiger partial charge < -0.3 is 9.47 Å². The van der Waals surface area contributed by atoms with Crippen LogP contribution in [0.15, 0.2) is 77.9 Å². The molecule has 0 aliphatic carbocycles. The molecular formula is C27H28N4O5. The quantitative estimate of drug-likeness (QED) is 0.509. The Balaban J connectivity index is 1.89. The summed E-state index contributed by atoms with van der Waals surface area (Å²) in [5.41, 5.74) is 2.39. The number of amides is 3. The van der Waals surface area contributed by atoms with E-state index < -0.39 is 23.6 Å². The molecule has 0 spiro atoms. The third-order valence-corrected chi connectivity index (χ3v) is 6.03. The van der Waals surface area contributed by atoms with Gasteiger partial charge in [0.15, 0.2) is 5.54 Å². The van der Waals surface area contributed by atoms with Crippen molar-refractivity contribution in [2.75, 3.05) is 18.2 Å². The summed E-state index contributed by atoms with van der Waals surface area (Å²) in [4.78, 5) is 40.1. The Morgan fingerprint density at radius 3 is 2.33 bits per heavy atom. The molecule has 1 N–H and O–H groups in total. The summed E-state index contributed by atoms with van der Waals surface area (Å²) < 4.78 is 10.3. The van der Waals surface area contributed by atoms with E-state index in [0.717, 1.165) is 21.3 Å². The fourth-order valence-corrected chi connectivity index (χ4v) is 4.35. The lowest BCUT2D eigenvalue weighted by Crippen LogP contribution is -2.68. The van der Waals surface area contributed by atoms with E-state index in [1.807, 2.05) is 48.5 Å². The number of hydrazine groups is 1. The smallest absolute Gasteiger partial charge is 0.430 e. The van der Waals surface area contributed by atoms with Crippen LogP contribution in [0.4, 0.5) is 15.3 Å². The van der Waals surface area contributed by atoms with Crippen LogP contribution in [-0.2, 0) is 20.7 Å². The number of anilines is 1. The Morgan fingerprint density at radius 1 is 0.944 bits per heavy atom. The molecule has 4 rings (SSSR count). The Labute approximate surface area is 209 Å². The van der Waals surface area contributed by atoms with Gasteiger partial charge in [0.25, 0.3) is 5.91 Å². The first-order valence-electron chi connectivity index (χ1n) is 11.7. The molecule has 186 valence electrons. The number of carbonyl (C=O) groups is 3. The molecule has 36 heavy (non-hydrogen) atoms. The molecule has 3 aromatic rings. The Hall–Kier alpha value is -4.40. The van der Waals surface area contributed by atoms with E-state index in [4.69, 9.17) is 9.47 Å². The van der Waals surface area contributed by atoms with Gasteiger partial charge in [0.2, 0.25) is 0 Å². The fourth-order valence-electron chi connectivity index (χ4n) is 4.35. The molecule has 3 aromatic carbocycles. The van der Waals surface area contributed by atoms with Gasteiger partial charge in [-0.25, -0.2) is 15.0 Å². The van der Waals surface area contributed by atoms with Gasteiger partial charge in [-0.3, -0.25) is 4.79 Å². The van der Waals surface area contributed by atoms with E-state index in [1.54, 1.807) is 45.0 Å². The number of rotatable bonds is 6. The molecule has 3 amide bonds. The summed E-state index contributed by atoms with van der Waals surface area (Å²) in [6.07, 6.45) is -1.75. The van der Waals surface area contributed by atoms with Crippen molar-refractivity contribution >= 4 is 40.3 Å². The predicted octanol–water partition coefficient (Wildman–Crippen LogP) is 4.66. The van der Waals surface area contributed by atoms with Crippen LogP contribution in [0.2, 0.25) is 0 Å². The first-order valence-corrected chi connectivity index (χ1v) is 11.7. The number of para-hydroxylation sites is 1. The lowest BCUT2D eigenvalue weighted by molar-refractivity contribution is -0.126. The molecular weight excluding hydrogens is 460 g/mol. The minimum absolute atomic E-state index is 0.0387. The highest BCUT2D eigenvalue weighted by molar-refractivity contribution is 6.24. The number of nitrogens with one attached hydrogen (secondary N) is 1. The number of hydrogen-bond donors (Lipinski definition) is 1. The molecule has 0 radical (unpaired) electrons. The third kappa shape index (κ3) is 4.47. The van der Waals surface area contributed by atoms with Gasteiger partial charge in [-0.15, -0.1) is 0 Å². The van der Waals surface area contributed by atoms with Crippen molar-refractivity contribution in [3.8, 4) is 0 Å². The van der Waals surface area contributed by atoms with Crippen LogP contribution in [0.25, 0.3) is 10.8 Å². The lowest BCUT2D eigenvalue weighted by atomic mass is 9.84. The zero-order valence-corrected chi connectivity index (χ0v) is 20.4. The largest absolute Gasteiger partial charge is 0.449 e. The summed E-state index contributed by atoms with van der Waals surface area (Å²) in [7, 11) is 0. The van der Waals surface area contributed by atoms with Crippen molar-refractivity contribution in [1.82, 2.24) is 10.4 Å². The van der Waals surface area contributed by atoms with Crippen molar-refractivity contribution < 1.29 is 23.9 Å². The highest BCUT2D eigenvalue weighted by Crippen LogP contribution is 2.35. The van der Waals surface area contributed by atoms with E-state index in [2.05, 4.69) is 10.5 Å². The zero-order chi connectivity index (χ0) is 25.7. The van der Waals surface area contributed by atoms with Crippen molar-refractivity contribution in [3.63, 3.8) is 0 Å². The predicted molar refractivity (Wildman–Crippen MR) is 136 cm³/mol. The highest BCUT2D eigenvalue weighted by Gasteiger charge is 2.57. The summed E-state index contributed by atoms with van der Waals surface area (Å²) in [6.45, 7) is 5.06. The number of nitrogens with zero attached hydrogens (tertiary/aromatic N) is 3. The standard InChI is InChI=1S/C27H28N4O5/c1-4-35-25(33)29-31(26(34)36-5-2)27(18-21-14-11-13-20-12-9-10-17-23(20)21)19(3)28-30(24(27)32)22-15-7-6-8-16-22/h6-17H,4-5,18H2,1-3H3,(H,29,33)/t27-/m1/s1. The number of hydrazone groups is 1. The Kier molecular flexibility index (Phi) is 7.19. The highest BCUT2D eigenvalue weighted by atomic mass is 16.6. The molecule has 1 heterocycles. The second-order valence-corrected chi connectivity index (χ2v) is 8.18. The molecule has 1 atom stereocenters. The molecule has 0 saturated heterocycles. The molecule has 0 unspecified atom stereocenters. The Bertz CT molecular complexity index is 1300. The van der Waals surface area contributed by atoms with E-state index in [9.17, 15) is 14.4 Å². The van der Waals surface area contributed by atoms with Crippen molar-refractivity contribution in [2.45, 2.75) is 32.7 Å². The fraction of sp³-hybridized carbons (Fsp3) is 0.259. The summed E-state index contributed by atoms with van der Waals surface area (Å²) >= 11 is 0. The number of fused-ring (bicyclic) bond motifs is 1. The second kappa shape index (κ2) is 10.5. The van der Waals surface area contributed by atoms with Gasteiger partial charge in [0.05, 0.1) is 24.6 Å². The monoisotopic (exact) mass is 488 g/mol. The summed E-state index contributed by atoms with van der Waals surface area (Å²) in [5.74, 6) is -0.510. The van der Waals surface area contributed by atoms with Crippen LogP contribution in [0.1, 0.15) is 26.3 Å². The first-order chi connectivity index (χ1) is 17.4. The van der Waals surface area contributed by atoms with E-state index in [0.29, 0.717) is 11.4 Å². The van der Waals surface area contributed by atoms with Crippen LogP contribution in [0.5, 0.6) is 0 Å². The van der Waals surface area contributed by atoms with E-state index in [1.165, 1.54) is 5.01 Å². The van der Waals surface area contributed by atoms with Crippen LogP contribution < -0.4 is 10.4 Å². The van der Waals surface area contributed by atoms with Gasteiger partial charge in [-0.2, -0.15) is 15.1 Å². The molecule has 9 nitrogen and oxygen atoms in total. The van der Waals surface area contributed by atoms with Gasteiger partial charge in [-0.1, -0.05) is 60.7 Å². The number of ether oxygens (including phenoxy) is 2. The zero-order valence-electron chi connectivity index (χ0n) is 20.4. The molecule has 9 heteroatoms. The Morgan fingerprint density at radius 2 is 1.61 bits per heavy atom. The lowest BCUT2D eigenvalue weighted by Gasteiger charge is -2.38. The minimum Gasteiger partial charge on any atom is -0.449 e. The third-order valence-electron chi connectivity index (χ3n) is 6.03. The van der Waals surface area contributed by atoms with Gasteiger partial charge in [0, 0.05) is 6.42 Å². The van der Waals surface area contributed by atoms with Crippen molar-refractivity contribution in [1.29, 1.82) is 0 Å². The van der Waals surface area contributed by atoms with Crippen molar-refractivity contribution in [3.05, 3.63) is 78.4 Å². The van der Waals surface area contributed by atoms with Crippen LogP contribution >= 0.6 is 0 Å². The van der Waals surface area contributed by atoms with E-state index in [-0.39, 0.29) is 19.6 Å². The molecule has 0 fully saturated rings. The van der Waals surface area contributed by atoms with Crippen LogP contribution in [0, 0.1) is 0 Å². The SMILES string of the molecule is CCOC(=O)NN(C(=O)OCC)[C@@]1(Cc2cccc3ccccc23)C(=O)N(c2ccccc2)N=C1C. The second-order valence-electron chi connectivity index (χ2n) is 8.18. The van der Waals surface area contributed by atoms with Gasteiger partial charge >= 0.3 is 12.2 Å². The summed E-state index contributed by atoms with van der Waals surface area (Å²) in [6, 6.07) is 22.4. The molecule has 1 aliphatic heterocycles. The molecule has 0 bridgehead atoms. The average Bonchev–Trinajstić information content (AvgIpc) is 3.13. The maximum Gasteiger partial charge on any atom is 0.430 e. The minimum atomic E-state index is -1.71. The molecule has 1 aliphatic rings. The maximum atomic E-state index is 14.2. The molecule has 0 aromatic heterocycles. The first kappa shape index (κ1) is 24.7. The van der Waals surface area contributed by atoms with E-state index >= 15 is 0 Å². The van der Waals surface area contributed by atoms with Crippen molar-refractivity contribution in [2.24, 2.45) is 5.10 Å². The van der Waals surface area contributed by atoms with Crippen LogP contribution in [-0.4, -0.2) is 47.6 Å². The normalized spacial score (nSPS) is 17.0. The summed E-state index contributed by atoms with van der Waals surface area (Å²) in [5, 5.41) is 8.60. The van der Waals surface area contributed by atoms with Crippen LogP contribution in [0.3, 0.4) is 0 Å². The van der Waals surface area contributed by atoms with Gasteiger partial charge in [0.1, 0.15) is 0 Å². The maximum absolute atomic E-state index is 14.2. The number of carbonyl (C=O) groups excluding carboxylic acids is 3. The topological polar surface area (TPSA) is 101 Å². The van der Waals surface area contributed by atoms with Gasteiger partial charge in [-0.05, 0) is 49.2 Å². The number of benzene rings is 3. The molecule has 0 saturated carbocycles. The average molecular weight is 489 g/mol. The number of hydrogen-bond acceptors (Lipinski definition) is 6.